The summed E-state index contributed by atoms with van der Waals surface area (Å²) in [4.78, 5) is 17.3. The number of anilines is 1. The van der Waals surface area contributed by atoms with Crippen LogP contribution in [0.5, 0.6) is 0 Å². The monoisotopic (exact) mass is 415 g/mol. The van der Waals surface area contributed by atoms with Gasteiger partial charge in [0.2, 0.25) is 0 Å². The molecule has 0 unspecified atom stereocenters. The van der Waals surface area contributed by atoms with Crippen LogP contribution < -0.4 is 4.90 Å². The van der Waals surface area contributed by atoms with E-state index in [2.05, 4.69) is 11.8 Å². The minimum Gasteiger partial charge on any atom is -0.338 e. The third kappa shape index (κ3) is 4.39. The number of hydrogen-bond donors (Lipinski definition) is 0. The zero-order valence-corrected chi connectivity index (χ0v) is 17.7. The molecule has 1 amide bonds. The second-order valence-corrected chi connectivity index (χ2v) is 8.11. The molecule has 4 nitrogen and oxygen atoms in total. The van der Waals surface area contributed by atoms with Crippen molar-refractivity contribution in [2.75, 3.05) is 24.5 Å². The summed E-state index contributed by atoms with van der Waals surface area (Å²) < 4.78 is 14.4. The summed E-state index contributed by atoms with van der Waals surface area (Å²) in [5, 5.41) is 9.08. The molecule has 2 aliphatic heterocycles. The Hall–Kier alpha value is -3.39. The van der Waals surface area contributed by atoms with Gasteiger partial charge in [-0.2, -0.15) is 5.26 Å². The van der Waals surface area contributed by atoms with Gasteiger partial charge in [0.15, 0.2) is 0 Å². The fraction of sp³-hybridized carbons (Fsp3) is 0.308. The Kier molecular flexibility index (Phi) is 6.18. The molecule has 1 atom stereocenters. The van der Waals surface area contributed by atoms with Crippen LogP contribution in [-0.4, -0.2) is 30.4 Å². The van der Waals surface area contributed by atoms with Gasteiger partial charge in [0, 0.05) is 42.2 Å². The zero-order chi connectivity index (χ0) is 21.8. The minimum absolute atomic E-state index is 0.0113. The normalized spacial score (nSPS) is 18.8. The van der Waals surface area contributed by atoms with Crippen LogP contribution in [0.25, 0.3) is 5.70 Å². The van der Waals surface area contributed by atoms with Crippen LogP contribution in [-0.2, 0) is 4.79 Å². The van der Waals surface area contributed by atoms with E-state index < -0.39 is 5.82 Å². The van der Waals surface area contributed by atoms with Crippen molar-refractivity contribution in [1.82, 2.24) is 4.90 Å². The predicted molar refractivity (Wildman–Crippen MR) is 121 cm³/mol. The maximum Gasteiger partial charge on any atom is 0.253 e. The number of nitriles is 1. The highest BCUT2D eigenvalue weighted by Crippen LogP contribution is 2.32. The molecule has 2 aliphatic rings. The Labute approximate surface area is 182 Å². The predicted octanol–water partition coefficient (Wildman–Crippen LogP) is 5.13. The molecule has 2 aromatic carbocycles. The van der Waals surface area contributed by atoms with Gasteiger partial charge in [-0.3, -0.25) is 4.79 Å². The second-order valence-electron chi connectivity index (χ2n) is 8.11. The number of amides is 1. The first-order chi connectivity index (χ1) is 15.1. The highest BCUT2D eigenvalue weighted by molar-refractivity contribution is 6.00. The lowest BCUT2D eigenvalue weighted by molar-refractivity contribution is -0.128. The van der Waals surface area contributed by atoms with Crippen LogP contribution in [0, 0.1) is 23.1 Å². The summed E-state index contributed by atoms with van der Waals surface area (Å²) in [5.41, 5.74) is 3.01. The number of nitrogens with zero attached hydrogens (tertiary/aromatic N) is 3. The quantitative estimate of drug-likeness (QED) is 0.695. The molecule has 158 valence electrons. The van der Waals surface area contributed by atoms with Crippen LogP contribution >= 0.6 is 0 Å². The molecule has 0 radical (unpaired) electrons. The zero-order valence-electron chi connectivity index (χ0n) is 17.7. The van der Waals surface area contributed by atoms with Crippen LogP contribution in [0.15, 0.2) is 66.3 Å². The molecule has 0 aromatic heterocycles. The number of piperidine rings is 1. The number of halogens is 1. The number of hydrogen-bond acceptors (Lipinski definition) is 3. The maximum atomic E-state index is 14.4. The van der Waals surface area contributed by atoms with Crippen LogP contribution in [0.4, 0.5) is 10.1 Å². The average Bonchev–Trinajstić information content (AvgIpc) is 2.83. The SMILES string of the molecule is CC[C@@H]1CCCN(C(=O)C2=CCN(c3ccccc3)C(c3ccc(C#N)c(F)c3)=C2)C1. The molecule has 5 heteroatoms. The average molecular weight is 416 g/mol. The van der Waals surface area contributed by atoms with E-state index in [0.717, 1.165) is 37.3 Å². The van der Waals surface area contributed by atoms with Crippen LogP contribution in [0.3, 0.4) is 0 Å². The largest absolute Gasteiger partial charge is 0.338 e. The number of benzene rings is 2. The van der Waals surface area contributed by atoms with E-state index in [4.69, 9.17) is 5.26 Å². The molecule has 0 N–H and O–H groups in total. The van der Waals surface area contributed by atoms with Gasteiger partial charge in [-0.1, -0.05) is 43.7 Å². The minimum atomic E-state index is -0.557. The fourth-order valence-electron chi connectivity index (χ4n) is 4.34. The van der Waals surface area contributed by atoms with Gasteiger partial charge < -0.3 is 9.80 Å². The number of carbonyl (C=O) groups excluding carboxylic acids is 1. The first-order valence-corrected chi connectivity index (χ1v) is 10.8. The highest BCUT2D eigenvalue weighted by Gasteiger charge is 2.27. The van der Waals surface area contributed by atoms with E-state index in [-0.39, 0.29) is 11.5 Å². The van der Waals surface area contributed by atoms with Crippen LogP contribution in [0.1, 0.15) is 37.3 Å². The molecule has 1 fully saturated rings. The van der Waals surface area contributed by atoms with E-state index in [1.165, 1.54) is 18.6 Å². The Morgan fingerprint density at radius 1 is 1.23 bits per heavy atom. The lowest BCUT2D eigenvalue weighted by Crippen LogP contribution is -2.41. The molecule has 0 aliphatic carbocycles. The van der Waals surface area contributed by atoms with Crippen molar-refractivity contribution in [3.05, 3.63) is 83.2 Å². The van der Waals surface area contributed by atoms with E-state index >= 15 is 0 Å². The number of likely N-dealkylation sites (tertiary alicyclic amines) is 1. The lowest BCUT2D eigenvalue weighted by atomic mass is 9.94. The molecule has 2 heterocycles. The van der Waals surface area contributed by atoms with E-state index in [1.807, 2.05) is 53.5 Å². The first kappa shape index (κ1) is 20.9. The molecule has 1 saturated heterocycles. The lowest BCUT2D eigenvalue weighted by Gasteiger charge is -2.35. The smallest absolute Gasteiger partial charge is 0.253 e. The van der Waals surface area contributed by atoms with Gasteiger partial charge in [-0.25, -0.2) is 4.39 Å². The van der Waals surface area contributed by atoms with Crippen molar-refractivity contribution in [3.8, 4) is 6.07 Å². The summed E-state index contributed by atoms with van der Waals surface area (Å²) in [6.45, 7) is 4.27. The summed E-state index contributed by atoms with van der Waals surface area (Å²) in [5.74, 6) is 0.0365. The highest BCUT2D eigenvalue weighted by atomic mass is 19.1. The Morgan fingerprint density at radius 2 is 2.03 bits per heavy atom. The van der Waals surface area contributed by atoms with Gasteiger partial charge in [0.25, 0.3) is 5.91 Å². The molecule has 0 saturated carbocycles. The summed E-state index contributed by atoms with van der Waals surface area (Å²) in [6, 6.07) is 16.3. The first-order valence-electron chi connectivity index (χ1n) is 10.8. The van der Waals surface area contributed by atoms with Gasteiger partial charge in [0.1, 0.15) is 11.9 Å². The summed E-state index contributed by atoms with van der Waals surface area (Å²) in [7, 11) is 0. The number of carbonyl (C=O) groups is 1. The number of rotatable bonds is 4. The Balaban J connectivity index is 1.69. The van der Waals surface area contributed by atoms with Crippen molar-refractivity contribution >= 4 is 17.3 Å². The van der Waals surface area contributed by atoms with E-state index in [9.17, 15) is 9.18 Å². The van der Waals surface area contributed by atoms with Crippen molar-refractivity contribution < 1.29 is 9.18 Å². The van der Waals surface area contributed by atoms with Crippen molar-refractivity contribution in [2.45, 2.75) is 26.2 Å². The van der Waals surface area contributed by atoms with Gasteiger partial charge in [-0.05, 0) is 49.1 Å². The van der Waals surface area contributed by atoms with Gasteiger partial charge in [0.05, 0.1) is 5.56 Å². The van der Waals surface area contributed by atoms with Crippen molar-refractivity contribution in [3.63, 3.8) is 0 Å². The molecule has 2 aromatic rings. The topological polar surface area (TPSA) is 47.3 Å². The maximum absolute atomic E-state index is 14.4. The molecule has 4 rings (SSSR count). The van der Waals surface area contributed by atoms with Gasteiger partial charge >= 0.3 is 0 Å². The molecule has 0 bridgehead atoms. The van der Waals surface area contributed by atoms with Crippen molar-refractivity contribution in [2.24, 2.45) is 5.92 Å². The third-order valence-corrected chi connectivity index (χ3v) is 6.16. The standard InChI is InChI=1S/C26H26FN3O/c1-2-19-7-6-13-29(18-19)26(31)21-12-14-30(23-8-4-3-5-9-23)25(16-21)20-10-11-22(17-28)24(27)15-20/h3-5,8-12,15-16,19H,2,6-7,13-14,18H2,1H3/t19-/m1/s1. The van der Waals surface area contributed by atoms with E-state index in [1.54, 1.807) is 6.07 Å². The van der Waals surface area contributed by atoms with E-state index in [0.29, 0.717) is 23.6 Å². The summed E-state index contributed by atoms with van der Waals surface area (Å²) >= 11 is 0. The van der Waals surface area contributed by atoms with Gasteiger partial charge in [-0.15, -0.1) is 0 Å². The molecule has 0 spiro atoms. The molecular formula is C26H26FN3O. The Bertz CT molecular complexity index is 1070. The van der Waals surface area contributed by atoms with Crippen molar-refractivity contribution in [1.29, 1.82) is 5.26 Å². The van der Waals surface area contributed by atoms with Crippen LogP contribution in [0.2, 0.25) is 0 Å². The molecule has 31 heavy (non-hydrogen) atoms. The fourth-order valence-corrected chi connectivity index (χ4v) is 4.34. The third-order valence-electron chi connectivity index (χ3n) is 6.16. The number of para-hydroxylation sites is 1. The Morgan fingerprint density at radius 3 is 2.74 bits per heavy atom. The summed E-state index contributed by atoms with van der Waals surface area (Å²) in [6.07, 6.45) is 7.09. The second kappa shape index (κ2) is 9.18. The molecular weight excluding hydrogens is 389 g/mol.